The number of rotatable bonds is 4. The van der Waals surface area contributed by atoms with E-state index >= 15 is 0 Å². The van der Waals surface area contributed by atoms with E-state index in [0.29, 0.717) is 50.5 Å². The molecule has 2 amide bonds. The Labute approximate surface area is 201 Å². The minimum atomic E-state index is -4.45. The van der Waals surface area contributed by atoms with E-state index in [-0.39, 0.29) is 11.8 Å². The molecule has 0 spiro atoms. The molecule has 5 rings (SSSR count). The number of amides is 2. The summed E-state index contributed by atoms with van der Waals surface area (Å²) in [7, 11) is 0. The van der Waals surface area contributed by atoms with Crippen LogP contribution in [0.1, 0.15) is 60.4 Å². The molecule has 0 bridgehead atoms. The van der Waals surface area contributed by atoms with E-state index in [1.165, 1.54) is 17.7 Å². The van der Waals surface area contributed by atoms with E-state index < -0.39 is 23.7 Å². The highest BCUT2D eigenvalue weighted by molar-refractivity contribution is 5.87. The molecule has 0 saturated carbocycles. The zero-order chi connectivity index (χ0) is 24.7. The Bertz CT molecular complexity index is 1110. The van der Waals surface area contributed by atoms with E-state index in [2.05, 4.69) is 27.1 Å². The number of aryl methyl sites for hydroxylation is 1. The number of benzene rings is 1. The minimum Gasteiger partial charge on any atom is -0.353 e. The lowest BCUT2D eigenvalue weighted by molar-refractivity contribution is -0.137. The van der Waals surface area contributed by atoms with Crippen molar-refractivity contribution < 1.29 is 22.8 Å². The first-order chi connectivity index (χ1) is 16.7. The molecule has 3 atom stereocenters. The normalized spacial score (nSPS) is 23.3. The molecule has 7 nitrogen and oxygen atoms in total. The topological polar surface area (TPSA) is 78.4 Å². The van der Waals surface area contributed by atoms with Crippen molar-refractivity contribution in [3.8, 4) is 0 Å². The maximum Gasteiger partial charge on any atom is 0.416 e. The van der Waals surface area contributed by atoms with Gasteiger partial charge in [0, 0.05) is 49.9 Å². The number of nitrogens with zero attached hydrogens (tertiary/aromatic N) is 4. The van der Waals surface area contributed by atoms with Crippen molar-refractivity contribution in [1.29, 1.82) is 0 Å². The lowest BCUT2D eigenvalue weighted by Gasteiger charge is -2.38. The van der Waals surface area contributed by atoms with Gasteiger partial charge in [0.2, 0.25) is 11.8 Å². The molecule has 2 saturated heterocycles. The van der Waals surface area contributed by atoms with Gasteiger partial charge in [0.15, 0.2) is 0 Å². The van der Waals surface area contributed by atoms with Crippen molar-refractivity contribution in [3.05, 3.63) is 53.0 Å². The van der Waals surface area contributed by atoms with Crippen molar-refractivity contribution in [3.63, 3.8) is 0 Å². The fourth-order valence-electron chi connectivity index (χ4n) is 5.52. The highest BCUT2D eigenvalue weighted by Gasteiger charge is 2.39. The lowest BCUT2D eigenvalue weighted by atomic mass is 9.88. The predicted molar refractivity (Wildman–Crippen MR) is 123 cm³/mol. The summed E-state index contributed by atoms with van der Waals surface area (Å²) in [6, 6.07) is 4.29. The summed E-state index contributed by atoms with van der Waals surface area (Å²) in [6.45, 7) is 4.36. The number of hydrogen-bond acceptors (Lipinski definition) is 5. The van der Waals surface area contributed by atoms with Crippen LogP contribution in [0.4, 0.5) is 19.0 Å². The van der Waals surface area contributed by atoms with Crippen LogP contribution in [-0.4, -0.2) is 58.9 Å². The van der Waals surface area contributed by atoms with Gasteiger partial charge in [-0.25, -0.2) is 9.97 Å². The largest absolute Gasteiger partial charge is 0.416 e. The number of nitrogens with one attached hydrogen (secondary N) is 1. The van der Waals surface area contributed by atoms with Crippen molar-refractivity contribution in [2.45, 2.75) is 56.7 Å². The molecule has 186 valence electrons. The van der Waals surface area contributed by atoms with Gasteiger partial charge < -0.3 is 15.1 Å². The standard InChI is InChI=1S/C25H28F3N5O2/c1-15-2-7-18-21(15)23(30-14-29-18)32-10-12-33(13-11-32)24(35)22(19-8-9-20(34)31-19)16-3-5-17(6-4-16)25(26,27)28/h3-6,14-15,19,22H,2,7-13H2,1H3,(H,31,34)/t15-,19-,22+/m1/s1. The third kappa shape index (κ3) is 4.58. The zero-order valence-corrected chi connectivity index (χ0v) is 19.5. The molecule has 10 heteroatoms. The first kappa shape index (κ1) is 23.6. The second-order valence-electron chi connectivity index (χ2n) is 9.62. The van der Waals surface area contributed by atoms with Crippen LogP contribution in [0.3, 0.4) is 0 Å². The van der Waals surface area contributed by atoms with Gasteiger partial charge in [0.05, 0.1) is 11.5 Å². The maximum absolute atomic E-state index is 13.7. The molecule has 3 aliphatic rings. The van der Waals surface area contributed by atoms with E-state index in [1.807, 2.05) is 0 Å². The first-order valence-electron chi connectivity index (χ1n) is 12.1. The van der Waals surface area contributed by atoms with Crippen LogP contribution in [-0.2, 0) is 22.2 Å². The Balaban J connectivity index is 1.34. The number of alkyl halides is 3. The summed E-state index contributed by atoms with van der Waals surface area (Å²) >= 11 is 0. The number of aromatic nitrogens is 2. The average molecular weight is 488 g/mol. The van der Waals surface area contributed by atoms with Gasteiger partial charge >= 0.3 is 6.18 Å². The summed E-state index contributed by atoms with van der Waals surface area (Å²) in [6.07, 6.45) is -0.0589. The highest BCUT2D eigenvalue weighted by Crippen LogP contribution is 2.38. The smallest absolute Gasteiger partial charge is 0.353 e. The lowest BCUT2D eigenvalue weighted by Crippen LogP contribution is -2.52. The van der Waals surface area contributed by atoms with Crippen LogP contribution in [0, 0.1) is 0 Å². The molecule has 1 aliphatic carbocycles. The van der Waals surface area contributed by atoms with Crippen LogP contribution in [0.25, 0.3) is 0 Å². The second-order valence-corrected chi connectivity index (χ2v) is 9.62. The number of piperazine rings is 1. The Morgan fingerprint density at radius 2 is 1.77 bits per heavy atom. The van der Waals surface area contributed by atoms with Crippen LogP contribution < -0.4 is 10.2 Å². The molecule has 1 N–H and O–H groups in total. The Morgan fingerprint density at radius 1 is 1.06 bits per heavy atom. The van der Waals surface area contributed by atoms with Gasteiger partial charge in [-0.05, 0) is 42.9 Å². The highest BCUT2D eigenvalue weighted by atomic mass is 19.4. The molecular formula is C25H28F3N5O2. The number of carbonyl (C=O) groups excluding carboxylic acids is 2. The third-order valence-corrected chi connectivity index (χ3v) is 7.44. The summed E-state index contributed by atoms with van der Waals surface area (Å²) < 4.78 is 39.2. The molecule has 1 aromatic carbocycles. The maximum atomic E-state index is 13.7. The molecular weight excluding hydrogens is 459 g/mol. The summed E-state index contributed by atoms with van der Waals surface area (Å²) in [5.41, 5.74) is 2.02. The van der Waals surface area contributed by atoms with Crippen LogP contribution in [0.5, 0.6) is 0 Å². The monoisotopic (exact) mass is 487 g/mol. The number of hydrogen-bond donors (Lipinski definition) is 1. The number of fused-ring (bicyclic) bond motifs is 1. The number of carbonyl (C=O) groups is 2. The molecule has 3 heterocycles. The summed E-state index contributed by atoms with van der Waals surface area (Å²) in [4.78, 5) is 38.5. The number of anilines is 1. The Kier molecular flexibility index (Phi) is 6.14. The quantitative estimate of drug-likeness (QED) is 0.717. The Morgan fingerprint density at radius 3 is 2.40 bits per heavy atom. The van der Waals surface area contributed by atoms with Crippen molar-refractivity contribution in [2.24, 2.45) is 0 Å². The van der Waals surface area contributed by atoms with Gasteiger partial charge in [0.1, 0.15) is 12.1 Å². The van der Waals surface area contributed by atoms with E-state index in [9.17, 15) is 22.8 Å². The molecule has 35 heavy (non-hydrogen) atoms. The van der Waals surface area contributed by atoms with Crippen LogP contribution >= 0.6 is 0 Å². The second kappa shape index (κ2) is 9.13. The van der Waals surface area contributed by atoms with Crippen molar-refractivity contribution in [2.75, 3.05) is 31.1 Å². The van der Waals surface area contributed by atoms with Crippen LogP contribution in [0.15, 0.2) is 30.6 Å². The van der Waals surface area contributed by atoms with Gasteiger partial charge in [-0.15, -0.1) is 0 Å². The van der Waals surface area contributed by atoms with Crippen molar-refractivity contribution >= 4 is 17.6 Å². The molecule has 0 radical (unpaired) electrons. The van der Waals surface area contributed by atoms with Gasteiger partial charge in [-0.1, -0.05) is 19.1 Å². The van der Waals surface area contributed by atoms with E-state index in [0.717, 1.165) is 36.5 Å². The van der Waals surface area contributed by atoms with Crippen molar-refractivity contribution in [1.82, 2.24) is 20.2 Å². The fourth-order valence-corrected chi connectivity index (χ4v) is 5.52. The number of halogens is 3. The molecule has 1 aromatic heterocycles. The van der Waals surface area contributed by atoms with Crippen LogP contribution in [0.2, 0.25) is 0 Å². The molecule has 2 aromatic rings. The van der Waals surface area contributed by atoms with Gasteiger partial charge in [-0.3, -0.25) is 9.59 Å². The molecule has 0 unspecified atom stereocenters. The SMILES string of the molecule is C[C@@H]1CCc2ncnc(N3CCN(C(=O)[C@@H](c4ccc(C(F)(F)F)cc4)[C@H]4CCC(=O)N4)CC3)c21. The first-order valence-corrected chi connectivity index (χ1v) is 12.1. The van der Waals surface area contributed by atoms with E-state index in [4.69, 9.17) is 0 Å². The van der Waals surface area contributed by atoms with Gasteiger partial charge in [0.25, 0.3) is 0 Å². The average Bonchev–Trinajstić information content (AvgIpc) is 3.44. The molecule has 2 aliphatic heterocycles. The molecule has 2 fully saturated rings. The summed E-state index contributed by atoms with van der Waals surface area (Å²) in [5.74, 6) is 0.304. The Hall–Kier alpha value is -3.17. The van der Waals surface area contributed by atoms with Gasteiger partial charge in [-0.2, -0.15) is 13.2 Å². The predicted octanol–water partition coefficient (Wildman–Crippen LogP) is 3.26. The fraction of sp³-hybridized carbons (Fsp3) is 0.520. The summed E-state index contributed by atoms with van der Waals surface area (Å²) in [5, 5.41) is 2.85. The van der Waals surface area contributed by atoms with E-state index in [1.54, 1.807) is 11.2 Å². The minimum absolute atomic E-state index is 0.142. The third-order valence-electron chi connectivity index (χ3n) is 7.44. The zero-order valence-electron chi connectivity index (χ0n) is 19.5.